The van der Waals surface area contributed by atoms with Crippen molar-refractivity contribution in [1.82, 2.24) is 9.99 Å². The molecule has 2 aliphatic carbocycles. The van der Waals surface area contributed by atoms with E-state index in [1.165, 1.54) is 19.2 Å². The number of aromatic hydroxyl groups is 1. The highest BCUT2D eigenvalue weighted by molar-refractivity contribution is 9.10. The fourth-order valence-electron chi connectivity index (χ4n) is 8.92. The number of alkyl halides is 3. The van der Waals surface area contributed by atoms with Crippen LogP contribution in [0.15, 0.2) is 89.0 Å². The monoisotopic (exact) mass is 888 g/mol. The standard InChI is InChI=1S/C39H27BrCl3F3N4O6/c1-56-29-13-17(12-27(42)32(29)51)31-23-10-11-24-30(36(54)49(34(24)52)22-8-4-20(40)5-9-22)25(23)15-26-35(53)50(37(55)38(26,31)18-2-6-21(41)7-3-18)48-33-28(43)14-19(16-47-33)39(44,45)46/h2-10,12-14,16,24-26,30-31,51H,11,15H2,1H3,(H,47,48). The van der Waals surface area contributed by atoms with Crippen LogP contribution in [0.5, 0.6) is 11.5 Å². The highest BCUT2D eigenvalue weighted by Crippen LogP contribution is 2.65. The Morgan fingerprint density at radius 1 is 0.929 bits per heavy atom. The van der Waals surface area contributed by atoms with E-state index in [0.717, 1.165) is 9.37 Å². The van der Waals surface area contributed by atoms with Crippen molar-refractivity contribution in [1.29, 1.82) is 0 Å². The molecule has 3 aromatic carbocycles. The van der Waals surface area contributed by atoms with Crippen LogP contribution in [0.4, 0.5) is 24.7 Å². The third-order valence-corrected chi connectivity index (χ3v) is 12.6. The van der Waals surface area contributed by atoms with Gasteiger partial charge >= 0.3 is 6.18 Å². The van der Waals surface area contributed by atoms with Gasteiger partial charge in [-0.2, -0.15) is 18.2 Å². The predicted octanol–water partition coefficient (Wildman–Crippen LogP) is 8.73. The molecule has 6 unspecified atom stereocenters. The topological polar surface area (TPSA) is 129 Å². The molecule has 2 saturated heterocycles. The van der Waals surface area contributed by atoms with Gasteiger partial charge in [-0.15, -0.1) is 0 Å². The first kappa shape index (κ1) is 38.3. The van der Waals surface area contributed by atoms with Crippen LogP contribution in [-0.2, 0) is 30.8 Å². The molecule has 3 fully saturated rings. The van der Waals surface area contributed by atoms with Crippen LogP contribution in [0, 0.1) is 23.7 Å². The molecule has 8 rings (SSSR count). The minimum absolute atomic E-state index is 0.0345. The molecule has 3 heterocycles. The lowest BCUT2D eigenvalue weighted by atomic mass is 9.49. The first-order valence-electron chi connectivity index (χ1n) is 17.1. The predicted molar refractivity (Wildman–Crippen MR) is 203 cm³/mol. The lowest BCUT2D eigenvalue weighted by Crippen LogP contribution is -2.53. The first-order valence-corrected chi connectivity index (χ1v) is 19.0. The number of amides is 4. The summed E-state index contributed by atoms with van der Waals surface area (Å²) in [4.78, 5) is 63.7. The fraction of sp³-hybridized carbons (Fsp3) is 0.256. The Bertz CT molecular complexity index is 2380. The normalized spacial score (nSPS) is 25.9. The molecule has 0 bridgehead atoms. The number of rotatable bonds is 6. The molecule has 1 aromatic heterocycles. The number of methoxy groups -OCH3 is 1. The molecule has 10 nitrogen and oxygen atoms in total. The largest absolute Gasteiger partial charge is 0.503 e. The van der Waals surface area contributed by atoms with Crippen LogP contribution >= 0.6 is 50.7 Å². The van der Waals surface area contributed by atoms with Crippen molar-refractivity contribution in [3.63, 3.8) is 0 Å². The number of pyridine rings is 1. The van der Waals surface area contributed by atoms with Gasteiger partial charge in [-0.05, 0) is 84.5 Å². The summed E-state index contributed by atoms with van der Waals surface area (Å²) in [6.07, 6.45) is -2.37. The van der Waals surface area contributed by atoms with Crippen molar-refractivity contribution >= 4 is 85.9 Å². The minimum Gasteiger partial charge on any atom is -0.503 e. The number of phenols is 1. The Balaban J connectivity index is 1.33. The van der Waals surface area contributed by atoms with E-state index in [4.69, 9.17) is 39.5 Å². The summed E-state index contributed by atoms with van der Waals surface area (Å²) in [5.74, 6) is -8.06. The van der Waals surface area contributed by atoms with Crippen LogP contribution in [0.1, 0.15) is 35.4 Å². The summed E-state index contributed by atoms with van der Waals surface area (Å²) in [6, 6.07) is 16.6. The quantitative estimate of drug-likeness (QED) is 0.145. The second kappa shape index (κ2) is 13.8. The molecule has 0 spiro atoms. The lowest BCUT2D eigenvalue weighted by Gasteiger charge is -2.50. The number of hydrogen-bond donors (Lipinski definition) is 2. The number of fused-ring (bicyclic) bond motifs is 4. The Hall–Kier alpha value is -4.63. The van der Waals surface area contributed by atoms with Crippen molar-refractivity contribution in [3.8, 4) is 11.5 Å². The molecule has 1 saturated carbocycles. The second-order valence-electron chi connectivity index (χ2n) is 14.0. The van der Waals surface area contributed by atoms with E-state index in [-0.39, 0.29) is 29.4 Å². The number of carbonyl (C=O) groups is 4. The molecule has 0 radical (unpaired) electrons. The molecule has 2 aliphatic heterocycles. The third kappa shape index (κ3) is 5.78. The van der Waals surface area contributed by atoms with Gasteiger partial charge < -0.3 is 9.84 Å². The molecule has 17 heteroatoms. The minimum atomic E-state index is -4.77. The smallest absolute Gasteiger partial charge is 0.417 e. The summed E-state index contributed by atoms with van der Waals surface area (Å²) in [5.41, 5.74) is 1.28. The highest BCUT2D eigenvalue weighted by Gasteiger charge is 2.70. The van der Waals surface area contributed by atoms with E-state index in [9.17, 15) is 32.7 Å². The average Bonchev–Trinajstić information content (AvgIpc) is 3.54. The van der Waals surface area contributed by atoms with Crippen molar-refractivity contribution in [2.24, 2.45) is 23.7 Å². The van der Waals surface area contributed by atoms with E-state index < -0.39 is 81.2 Å². The van der Waals surface area contributed by atoms with Crippen molar-refractivity contribution in [2.45, 2.75) is 30.4 Å². The van der Waals surface area contributed by atoms with Gasteiger partial charge in [0.15, 0.2) is 17.3 Å². The zero-order chi connectivity index (χ0) is 40.0. The molecule has 6 atom stereocenters. The number of carbonyl (C=O) groups excluding carboxylic acids is 4. The summed E-state index contributed by atoms with van der Waals surface area (Å²) in [7, 11) is 1.32. The number of halogens is 7. The summed E-state index contributed by atoms with van der Waals surface area (Å²) < 4.78 is 46.7. The maximum Gasteiger partial charge on any atom is 0.417 e. The van der Waals surface area contributed by atoms with Gasteiger partial charge in [0.2, 0.25) is 11.8 Å². The fourth-order valence-corrected chi connectivity index (χ4v) is 9.74. The van der Waals surface area contributed by atoms with Crippen LogP contribution in [-0.4, -0.2) is 45.8 Å². The number of benzene rings is 3. The Morgan fingerprint density at radius 2 is 1.62 bits per heavy atom. The Morgan fingerprint density at radius 3 is 2.27 bits per heavy atom. The molecule has 4 amide bonds. The molecular formula is C39H27BrCl3F3N4O6. The van der Waals surface area contributed by atoms with Crippen LogP contribution < -0.4 is 15.1 Å². The average molecular weight is 891 g/mol. The van der Waals surface area contributed by atoms with Crippen LogP contribution in [0.2, 0.25) is 15.1 Å². The summed E-state index contributed by atoms with van der Waals surface area (Å²) in [6.45, 7) is 0. The zero-order valence-electron chi connectivity index (χ0n) is 28.8. The summed E-state index contributed by atoms with van der Waals surface area (Å²) in [5, 5.41) is 11.2. The number of ether oxygens (including phenoxy) is 1. The molecule has 56 heavy (non-hydrogen) atoms. The maximum atomic E-state index is 15.4. The van der Waals surface area contributed by atoms with Crippen molar-refractivity contribution < 1.29 is 42.2 Å². The molecule has 4 aromatic rings. The lowest BCUT2D eigenvalue weighted by molar-refractivity contribution is -0.139. The number of allylic oxidation sites excluding steroid dienone is 2. The Kier molecular flexibility index (Phi) is 9.42. The van der Waals surface area contributed by atoms with Crippen LogP contribution in [0.25, 0.3) is 0 Å². The molecule has 4 aliphatic rings. The van der Waals surface area contributed by atoms with Gasteiger partial charge in [0.25, 0.3) is 11.8 Å². The van der Waals surface area contributed by atoms with E-state index in [1.807, 2.05) is 6.08 Å². The van der Waals surface area contributed by atoms with Gasteiger partial charge in [0, 0.05) is 21.6 Å². The number of nitrogens with one attached hydrogen (secondary N) is 1. The van der Waals surface area contributed by atoms with E-state index in [0.29, 0.717) is 44.7 Å². The second-order valence-corrected chi connectivity index (χ2v) is 16.1. The van der Waals surface area contributed by atoms with Gasteiger partial charge in [0.1, 0.15) is 0 Å². The van der Waals surface area contributed by atoms with E-state index >= 15 is 4.79 Å². The summed E-state index contributed by atoms with van der Waals surface area (Å²) >= 11 is 22.6. The highest BCUT2D eigenvalue weighted by atomic mass is 79.9. The van der Waals surface area contributed by atoms with Gasteiger partial charge in [0.05, 0.1) is 51.6 Å². The van der Waals surface area contributed by atoms with Crippen molar-refractivity contribution in [2.75, 3.05) is 17.4 Å². The van der Waals surface area contributed by atoms with Crippen LogP contribution in [0.3, 0.4) is 0 Å². The maximum absolute atomic E-state index is 15.4. The molecule has 288 valence electrons. The number of anilines is 2. The SMILES string of the molecule is COc1cc(C2C3=CCC4C(=O)N(c5ccc(Br)cc5)C(=O)C4C3CC3C(=O)N(Nc4ncc(C(F)(F)F)cc4Cl)C(=O)C32c2ccc(Cl)cc2)cc(Cl)c1O. The number of hydrogen-bond acceptors (Lipinski definition) is 8. The van der Waals surface area contributed by atoms with E-state index in [2.05, 4.69) is 26.3 Å². The molecular weight excluding hydrogens is 864 g/mol. The molecule has 2 N–H and O–H groups in total. The van der Waals surface area contributed by atoms with E-state index in [1.54, 1.807) is 48.5 Å². The number of hydrazine groups is 1. The Labute approximate surface area is 340 Å². The number of nitrogens with zero attached hydrogens (tertiary/aromatic N) is 3. The number of aromatic nitrogens is 1. The number of phenolic OH excluding ortho intramolecular Hbond substituents is 1. The third-order valence-electron chi connectivity index (χ3n) is 11.2. The first-order chi connectivity index (χ1) is 26.6. The van der Waals surface area contributed by atoms with Gasteiger partial charge in [-0.25, -0.2) is 4.98 Å². The van der Waals surface area contributed by atoms with Gasteiger partial charge in [-0.1, -0.05) is 74.5 Å². The zero-order valence-corrected chi connectivity index (χ0v) is 32.6. The van der Waals surface area contributed by atoms with Gasteiger partial charge in [-0.3, -0.25) is 29.5 Å². The van der Waals surface area contributed by atoms with Crippen molar-refractivity contribution in [3.05, 3.63) is 121 Å². The number of imide groups is 2.